The molecular weight excluding hydrogens is 226 g/mol. The largest absolute Gasteiger partial charge is 0.412 e. The minimum atomic E-state index is -0.343. The fourth-order valence-electron chi connectivity index (χ4n) is 2.37. The molecule has 1 aliphatic carbocycles. The molecule has 98 valence electrons. The van der Waals surface area contributed by atoms with Gasteiger partial charge in [0.1, 0.15) is 5.75 Å². The zero-order chi connectivity index (χ0) is 12.8. The van der Waals surface area contributed by atoms with E-state index < -0.39 is 0 Å². The van der Waals surface area contributed by atoms with E-state index in [0.717, 1.165) is 12.1 Å². The maximum atomic E-state index is 11.6. The molecular formula is C15H21NO2. The Labute approximate surface area is 109 Å². The zero-order valence-corrected chi connectivity index (χ0v) is 10.9. The Kier molecular flexibility index (Phi) is 4.62. The third-order valence-electron chi connectivity index (χ3n) is 3.49. The molecule has 1 saturated carbocycles. The van der Waals surface area contributed by atoms with E-state index in [1.165, 1.54) is 32.1 Å². The van der Waals surface area contributed by atoms with Crippen LogP contribution < -0.4 is 10.1 Å². The summed E-state index contributed by atoms with van der Waals surface area (Å²) in [7, 11) is 0. The van der Waals surface area contributed by atoms with Gasteiger partial charge >= 0.3 is 6.09 Å². The van der Waals surface area contributed by atoms with Gasteiger partial charge in [0.05, 0.1) is 0 Å². The van der Waals surface area contributed by atoms with Gasteiger partial charge in [0.2, 0.25) is 0 Å². The molecule has 3 heteroatoms. The molecule has 2 rings (SSSR count). The molecule has 1 N–H and O–H groups in total. The number of hydrogen-bond donors (Lipinski definition) is 1. The van der Waals surface area contributed by atoms with E-state index in [0.29, 0.717) is 11.7 Å². The fourth-order valence-corrected chi connectivity index (χ4v) is 2.37. The lowest BCUT2D eigenvalue weighted by molar-refractivity contribution is 0.196. The van der Waals surface area contributed by atoms with E-state index in [-0.39, 0.29) is 6.09 Å². The maximum absolute atomic E-state index is 11.6. The number of benzene rings is 1. The summed E-state index contributed by atoms with van der Waals surface area (Å²) < 4.78 is 5.21. The van der Waals surface area contributed by atoms with Crippen LogP contribution in [0.1, 0.15) is 37.7 Å². The Hall–Kier alpha value is -1.51. The van der Waals surface area contributed by atoms with Crippen molar-refractivity contribution in [2.24, 2.45) is 5.92 Å². The van der Waals surface area contributed by atoms with Crippen molar-refractivity contribution in [1.29, 1.82) is 0 Å². The number of aryl methyl sites for hydroxylation is 1. The van der Waals surface area contributed by atoms with E-state index in [4.69, 9.17) is 4.74 Å². The summed E-state index contributed by atoms with van der Waals surface area (Å²) in [6.45, 7) is 2.75. The van der Waals surface area contributed by atoms with Gasteiger partial charge in [0.25, 0.3) is 0 Å². The molecule has 3 nitrogen and oxygen atoms in total. The topological polar surface area (TPSA) is 38.3 Å². The van der Waals surface area contributed by atoms with Crippen LogP contribution in [0.4, 0.5) is 4.79 Å². The molecule has 0 radical (unpaired) electrons. The Morgan fingerprint density at radius 3 is 2.56 bits per heavy atom. The first-order chi connectivity index (χ1) is 8.74. The second-order valence-corrected chi connectivity index (χ2v) is 5.09. The van der Waals surface area contributed by atoms with Crippen molar-refractivity contribution >= 4 is 6.09 Å². The summed E-state index contributed by atoms with van der Waals surface area (Å²) in [5.74, 6) is 1.23. The smallest absolute Gasteiger partial charge is 0.410 e. The van der Waals surface area contributed by atoms with Crippen molar-refractivity contribution in [3.63, 3.8) is 0 Å². The van der Waals surface area contributed by atoms with Gasteiger partial charge in [0.15, 0.2) is 0 Å². The average molecular weight is 247 g/mol. The molecule has 0 spiro atoms. The summed E-state index contributed by atoms with van der Waals surface area (Å²) in [5.41, 5.74) is 1.16. The monoisotopic (exact) mass is 247 g/mol. The first-order valence-corrected chi connectivity index (χ1v) is 6.76. The Balaban J connectivity index is 1.73. The lowest BCUT2D eigenvalue weighted by atomic mass is 9.89. The first-order valence-electron chi connectivity index (χ1n) is 6.76. The molecule has 1 aromatic carbocycles. The van der Waals surface area contributed by atoms with Gasteiger partial charge in [-0.3, -0.25) is 0 Å². The normalized spacial score (nSPS) is 16.3. The van der Waals surface area contributed by atoms with Crippen molar-refractivity contribution in [1.82, 2.24) is 5.32 Å². The Bertz CT molecular complexity index is 380. The number of nitrogens with one attached hydrogen (secondary N) is 1. The highest BCUT2D eigenvalue weighted by atomic mass is 16.5. The molecule has 0 bridgehead atoms. The number of ether oxygens (including phenoxy) is 1. The second-order valence-electron chi connectivity index (χ2n) is 5.09. The van der Waals surface area contributed by atoms with Gasteiger partial charge in [-0.1, -0.05) is 37.0 Å². The van der Waals surface area contributed by atoms with Crippen LogP contribution in [-0.4, -0.2) is 12.6 Å². The first kappa shape index (κ1) is 12.9. The van der Waals surface area contributed by atoms with E-state index in [2.05, 4.69) is 5.32 Å². The van der Waals surface area contributed by atoms with E-state index in [9.17, 15) is 4.79 Å². The van der Waals surface area contributed by atoms with Gasteiger partial charge < -0.3 is 10.1 Å². The quantitative estimate of drug-likeness (QED) is 0.885. The van der Waals surface area contributed by atoms with Crippen LogP contribution >= 0.6 is 0 Å². The molecule has 18 heavy (non-hydrogen) atoms. The summed E-state index contributed by atoms with van der Waals surface area (Å²) in [6.07, 6.45) is 6.03. The summed E-state index contributed by atoms with van der Waals surface area (Å²) >= 11 is 0. The van der Waals surface area contributed by atoms with Gasteiger partial charge in [-0.15, -0.1) is 0 Å². The van der Waals surface area contributed by atoms with Crippen LogP contribution in [0, 0.1) is 12.8 Å². The van der Waals surface area contributed by atoms with Crippen molar-refractivity contribution < 1.29 is 9.53 Å². The van der Waals surface area contributed by atoms with Crippen LogP contribution in [0.5, 0.6) is 5.75 Å². The predicted octanol–water partition coefficient (Wildman–Crippen LogP) is 3.66. The SMILES string of the molecule is Cc1ccc(OC(=O)NCC2CCCCC2)cc1. The Morgan fingerprint density at radius 1 is 1.22 bits per heavy atom. The molecule has 0 aromatic heterocycles. The third-order valence-corrected chi connectivity index (χ3v) is 3.49. The summed E-state index contributed by atoms with van der Waals surface area (Å²) in [5, 5.41) is 2.85. The summed E-state index contributed by atoms with van der Waals surface area (Å²) in [6, 6.07) is 7.50. The van der Waals surface area contributed by atoms with Crippen LogP contribution in [0.2, 0.25) is 0 Å². The predicted molar refractivity (Wildman–Crippen MR) is 71.8 cm³/mol. The molecule has 0 unspecified atom stereocenters. The highest BCUT2D eigenvalue weighted by molar-refractivity contribution is 5.70. The Morgan fingerprint density at radius 2 is 1.89 bits per heavy atom. The average Bonchev–Trinajstić information content (AvgIpc) is 2.40. The maximum Gasteiger partial charge on any atom is 0.412 e. The molecule has 1 fully saturated rings. The molecule has 0 aliphatic heterocycles. The lowest BCUT2D eigenvalue weighted by Crippen LogP contribution is -2.32. The van der Waals surface area contributed by atoms with Gasteiger partial charge in [-0.05, 0) is 37.8 Å². The molecule has 0 heterocycles. The molecule has 0 atom stereocenters. The number of hydrogen-bond acceptors (Lipinski definition) is 2. The van der Waals surface area contributed by atoms with Gasteiger partial charge in [0, 0.05) is 6.54 Å². The van der Waals surface area contributed by atoms with Crippen LogP contribution in [0.25, 0.3) is 0 Å². The van der Waals surface area contributed by atoms with E-state index >= 15 is 0 Å². The van der Waals surface area contributed by atoms with E-state index in [1.54, 1.807) is 0 Å². The number of carbonyl (C=O) groups excluding carboxylic acids is 1. The van der Waals surface area contributed by atoms with Crippen molar-refractivity contribution in [3.05, 3.63) is 29.8 Å². The number of rotatable bonds is 3. The lowest BCUT2D eigenvalue weighted by Gasteiger charge is -2.21. The van der Waals surface area contributed by atoms with Crippen LogP contribution in [0.15, 0.2) is 24.3 Å². The van der Waals surface area contributed by atoms with Gasteiger partial charge in [-0.25, -0.2) is 4.79 Å². The number of amides is 1. The van der Waals surface area contributed by atoms with Gasteiger partial charge in [-0.2, -0.15) is 0 Å². The molecule has 1 aromatic rings. The molecule has 1 aliphatic rings. The molecule has 1 amide bonds. The van der Waals surface area contributed by atoms with Crippen LogP contribution in [0.3, 0.4) is 0 Å². The highest BCUT2D eigenvalue weighted by Crippen LogP contribution is 2.22. The fraction of sp³-hybridized carbons (Fsp3) is 0.533. The zero-order valence-electron chi connectivity index (χ0n) is 10.9. The number of carbonyl (C=O) groups is 1. The standard InChI is InChI=1S/C15H21NO2/c1-12-7-9-14(10-8-12)18-15(17)16-11-13-5-3-2-4-6-13/h7-10,13H,2-6,11H2,1H3,(H,16,17). The van der Waals surface area contributed by atoms with Crippen LogP contribution in [-0.2, 0) is 0 Å². The highest BCUT2D eigenvalue weighted by Gasteiger charge is 2.14. The van der Waals surface area contributed by atoms with Crippen molar-refractivity contribution in [2.45, 2.75) is 39.0 Å². The van der Waals surface area contributed by atoms with E-state index in [1.807, 2.05) is 31.2 Å². The minimum absolute atomic E-state index is 0.343. The summed E-state index contributed by atoms with van der Waals surface area (Å²) in [4.78, 5) is 11.6. The third kappa shape index (κ3) is 4.06. The van der Waals surface area contributed by atoms with Crippen molar-refractivity contribution in [2.75, 3.05) is 6.54 Å². The molecule has 0 saturated heterocycles. The second kappa shape index (κ2) is 6.43. The minimum Gasteiger partial charge on any atom is -0.410 e. The van der Waals surface area contributed by atoms with Crippen molar-refractivity contribution in [3.8, 4) is 5.75 Å².